The van der Waals surface area contributed by atoms with Crippen LogP contribution in [0.5, 0.6) is 5.88 Å². The number of carbonyl (C=O) groups is 1. The van der Waals surface area contributed by atoms with Gasteiger partial charge in [0.15, 0.2) is 0 Å². The van der Waals surface area contributed by atoms with Gasteiger partial charge >= 0.3 is 0 Å². The molecule has 1 saturated heterocycles. The highest BCUT2D eigenvalue weighted by Crippen LogP contribution is 2.32. The molecule has 8 nitrogen and oxygen atoms in total. The molecule has 4 rings (SSSR count). The van der Waals surface area contributed by atoms with Crippen molar-refractivity contribution in [3.05, 3.63) is 42.4 Å². The Balaban J connectivity index is 0.000000331. The van der Waals surface area contributed by atoms with Gasteiger partial charge < -0.3 is 20.7 Å². The van der Waals surface area contributed by atoms with Crippen LogP contribution in [0.1, 0.15) is 38.7 Å². The maximum Gasteiger partial charge on any atom is 0.239 e. The number of aromatic nitrogens is 3. The van der Waals surface area contributed by atoms with Gasteiger partial charge in [0.2, 0.25) is 11.8 Å². The number of amides is 1. The number of ether oxygens (including phenoxy) is 1. The Morgan fingerprint density at radius 1 is 1.09 bits per heavy atom. The summed E-state index contributed by atoms with van der Waals surface area (Å²) < 4.78 is 5.16. The fraction of sp³-hybridized carbons (Fsp3) is 0.440. The molecule has 176 valence electrons. The second kappa shape index (κ2) is 10.6. The predicted octanol–water partition coefficient (Wildman–Crippen LogP) is 3.47. The summed E-state index contributed by atoms with van der Waals surface area (Å²) in [5, 5.41) is 3.56. The summed E-state index contributed by atoms with van der Waals surface area (Å²) in [4.78, 5) is 26.5. The van der Waals surface area contributed by atoms with Gasteiger partial charge in [-0.05, 0) is 69.4 Å². The monoisotopic (exact) mass is 450 g/mol. The van der Waals surface area contributed by atoms with Crippen molar-refractivity contribution in [3.8, 4) is 17.0 Å². The smallest absolute Gasteiger partial charge is 0.239 e. The Kier molecular flexibility index (Phi) is 7.81. The molecule has 0 spiro atoms. The number of hydrogen-bond acceptors (Lipinski definition) is 7. The zero-order valence-corrected chi connectivity index (χ0v) is 20.2. The summed E-state index contributed by atoms with van der Waals surface area (Å²) in [5.74, 6) is 1.53. The Labute approximate surface area is 195 Å². The number of likely N-dealkylation sites (N-methyl/N-ethyl adjacent to an activating group) is 1. The van der Waals surface area contributed by atoms with Crippen LogP contribution < -0.4 is 20.7 Å². The van der Waals surface area contributed by atoms with Crippen molar-refractivity contribution in [1.29, 1.82) is 0 Å². The SMILES string of the molecule is CNC(=O)C(C)(C)N.COc1ccc(-c2cc(C)c3ncnc(N4CCCCC4)c3c2)cn1. The van der Waals surface area contributed by atoms with Gasteiger partial charge in [-0.15, -0.1) is 0 Å². The molecule has 8 heteroatoms. The number of fused-ring (bicyclic) bond motifs is 1. The third kappa shape index (κ3) is 5.96. The molecule has 1 aromatic carbocycles. The maximum atomic E-state index is 10.6. The molecule has 33 heavy (non-hydrogen) atoms. The first-order valence-corrected chi connectivity index (χ1v) is 11.3. The summed E-state index contributed by atoms with van der Waals surface area (Å²) in [6, 6.07) is 8.28. The van der Waals surface area contributed by atoms with E-state index in [4.69, 9.17) is 10.5 Å². The van der Waals surface area contributed by atoms with Gasteiger partial charge in [-0.2, -0.15) is 0 Å². The Morgan fingerprint density at radius 2 is 1.82 bits per heavy atom. The summed E-state index contributed by atoms with van der Waals surface area (Å²) in [6.45, 7) is 7.56. The lowest BCUT2D eigenvalue weighted by atomic mass is 10.0. The molecule has 1 amide bonds. The van der Waals surface area contributed by atoms with Crippen LogP contribution in [0.15, 0.2) is 36.8 Å². The molecule has 0 bridgehead atoms. The first-order valence-electron chi connectivity index (χ1n) is 11.3. The van der Waals surface area contributed by atoms with Gasteiger partial charge in [0, 0.05) is 43.4 Å². The molecule has 0 aliphatic carbocycles. The van der Waals surface area contributed by atoms with Gasteiger partial charge in [0.1, 0.15) is 12.1 Å². The number of aryl methyl sites for hydroxylation is 1. The van der Waals surface area contributed by atoms with Crippen molar-refractivity contribution in [2.24, 2.45) is 5.73 Å². The van der Waals surface area contributed by atoms with Gasteiger partial charge in [-0.3, -0.25) is 4.79 Å². The first kappa shape index (κ1) is 24.4. The molecule has 0 saturated carbocycles. The van der Waals surface area contributed by atoms with Crippen molar-refractivity contribution in [3.63, 3.8) is 0 Å². The van der Waals surface area contributed by atoms with E-state index in [0.717, 1.165) is 46.5 Å². The topological polar surface area (TPSA) is 106 Å². The lowest BCUT2D eigenvalue weighted by Crippen LogP contribution is -2.47. The number of nitrogens with zero attached hydrogens (tertiary/aromatic N) is 4. The zero-order valence-electron chi connectivity index (χ0n) is 20.2. The van der Waals surface area contributed by atoms with E-state index in [2.05, 4.69) is 44.2 Å². The van der Waals surface area contributed by atoms with E-state index in [9.17, 15) is 4.79 Å². The number of benzene rings is 1. The van der Waals surface area contributed by atoms with Crippen molar-refractivity contribution in [1.82, 2.24) is 20.3 Å². The highest BCUT2D eigenvalue weighted by molar-refractivity contribution is 5.95. The molecule has 3 heterocycles. The number of carbonyl (C=O) groups excluding carboxylic acids is 1. The van der Waals surface area contributed by atoms with Crippen LogP contribution in [0.2, 0.25) is 0 Å². The zero-order chi connectivity index (χ0) is 24.0. The average Bonchev–Trinajstić information content (AvgIpc) is 2.83. The molecule has 3 aromatic rings. The van der Waals surface area contributed by atoms with E-state index in [1.54, 1.807) is 34.3 Å². The quantitative estimate of drug-likeness (QED) is 0.627. The lowest BCUT2D eigenvalue weighted by Gasteiger charge is -2.28. The number of nitrogens with two attached hydrogens (primary N) is 1. The molecular weight excluding hydrogens is 416 g/mol. The number of hydrogen-bond donors (Lipinski definition) is 2. The maximum absolute atomic E-state index is 10.6. The highest BCUT2D eigenvalue weighted by atomic mass is 16.5. The predicted molar refractivity (Wildman–Crippen MR) is 132 cm³/mol. The van der Waals surface area contributed by atoms with E-state index in [1.807, 2.05) is 18.3 Å². The third-order valence-corrected chi connectivity index (χ3v) is 5.65. The molecule has 0 atom stereocenters. The minimum Gasteiger partial charge on any atom is -0.481 e. The van der Waals surface area contributed by atoms with E-state index in [-0.39, 0.29) is 5.91 Å². The Bertz CT molecular complexity index is 1090. The second-order valence-corrected chi connectivity index (χ2v) is 8.82. The molecule has 1 aliphatic heterocycles. The normalized spacial score (nSPS) is 13.8. The number of methoxy groups -OCH3 is 1. The minimum absolute atomic E-state index is 0.141. The van der Waals surface area contributed by atoms with Crippen molar-refractivity contribution in [2.45, 2.75) is 45.6 Å². The first-order chi connectivity index (χ1) is 15.7. The molecule has 1 aliphatic rings. The summed E-state index contributed by atoms with van der Waals surface area (Å²) in [6.07, 6.45) is 7.30. The Hall–Kier alpha value is -3.26. The van der Waals surface area contributed by atoms with Crippen LogP contribution in [0, 0.1) is 6.92 Å². The van der Waals surface area contributed by atoms with E-state index >= 15 is 0 Å². The third-order valence-electron chi connectivity index (χ3n) is 5.65. The number of anilines is 1. The van der Waals surface area contributed by atoms with Crippen LogP contribution in [0.4, 0.5) is 5.82 Å². The van der Waals surface area contributed by atoms with Crippen molar-refractivity contribution >= 4 is 22.6 Å². The Morgan fingerprint density at radius 3 is 2.36 bits per heavy atom. The number of nitrogens with one attached hydrogen (secondary N) is 1. The van der Waals surface area contributed by atoms with Crippen molar-refractivity contribution in [2.75, 3.05) is 32.1 Å². The average molecular weight is 451 g/mol. The molecule has 3 N–H and O–H groups in total. The molecule has 2 aromatic heterocycles. The van der Waals surface area contributed by atoms with E-state index < -0.39 is 5.54 Å². The fourth-order valence-electron chi connectivity index (χ4n) is 3.85. The number of pyridine rings is 1. The van der Waals surface area contributed by atoms with Gasteiger partial charge in [-0.25, -0.2) is 15.0 Å². The lowest BCUT2D eigenvalue weighted by molar-refractivity contribution is -0.124. The minimum atomic E-state index is -0.741. The van der Waals surface area contributed by atoms with Crippen molar-refractivity contribution < 1.29 is 9.53 Å². The number of piperidine rings is 1. The summed E-state index contributed by atoms with van der Waals surface area (Å²) in [5.41, 5.74) is 9.02. The molecule has 0 radical (unpaired) electrons. The van der Waals surface area contributed by atoms with Crippen LogP contribution in [-0.4, -0.2) is 53.6 Å². The van der Waals surface area contributed by atoms with E-state index in [0.29, 0.717) is 5.88 Å². The summed E-state index contributed by atoms with van der Waals surface area (Å²) in [7, 11) is 3.20. The van der Waals surface area contributed by atoms with Crippen LogP contribution in [-0.2, 0) is 4.79 Å². The second-order valence-electron chi connectivity index (χ2n) is 8.82. The molecule has 1 fully saturated rings. The van der Waals surface area contributed by atoms with Gasteiger partial charge in [0.05, 0.1) is 18.2 Å². The van der Waals surface area contributed by atoms with Gasteiger partial charge in [0.25, 0.3) is 0 Å². The van der Waals surface area contributed by atoms with Crippen LogP contribution in [0.3, 0.4) is 0 Å². The molecular formula is C25H34N6O2. The number of rotatable bonds is 4. The fourth-order valence-corrected chi connectivity index (χ4v) is 3.85. The van der Waals surface area contributed by atoms with Crippen LogP contribution in [0.25, 0.3) is 22.0 Å². The molecule has 0 unspecified atom stereocenters. The van der Waals surface area contributed by atoms with E-state index in [1.165, 1.54) is 19.3 Å². The van der Waals surface area contributed by atoms with Crippen LogP contribution >= 0.6 is 0 Å². The standard InChI is InChI=1S/C20H22N4O.C5H12N2O/c1-14-10-16(15-6-7-18(25-2)21-12-15)11-17-19(14)22-13-23-20(17)24-8-4-3-5-9-24;1-5(2,6)4(8)7-3/h6-7,10-13H,3-5,8-9H2,1-2H3;6H2,1-3H3,(H,7,8). The summed E-state index contributed by atoms with van der Waals surface area (Å²) >= 11 is 0. The largest absolute Gasteiger partial charge is 0.481 e. The highest BCUT2D eigenvalue weighted by Gasteiger charge is 2.19. The van der Waals surface area contributed by atoms with Gasteiger partial charge in [-0.1, -0.05) is 0 Å².